The first-order chi connectivity index (χ1) is 13.6. The van der Waals surface area contributed by atoms with E-state index >= 15 is 0 Å². The van der Waals surface area contributed by atoms with Crippen molar-refractivity contribution in [3.05, 3.63) is 63.6 Å². The number of rotatable bonds is 6. The Bertz CT molecular complexity index is 807. The third-order valence-corrected chi connectivity index (χ3v) is 7.82. The molecule has 4 heteroatoms. The molecule has 0 unspecified atom stereocenters. The molecule has 0 heterocycles. The second-order valence-corrected chi connectivity index (χ2v) is 9.83. The summed E-state index contributed by atoms with van der Waals surface area (Å²) in [5.41, 5.74) is 2.35. The first-order valence-corrected chi connectivity index (χ1v) is 11.3. The van der Waals surface area contributed by atoms with E-state index in [0.29, 0.717) is 16.7 Å². The molecule has 4 aliphatic rings. The molecule has 2 aromatic carbocycles. The minimum atomic E-state index is 0.488. The third-order valence-electron chi connectivity index (χ3n) is 7.08. The lowest BCUT2D eigenvalue weighted by Gasteiger charge is -2.54. The van der Waals surface area contributed by atoms with Crippen LogP contribution in [0.25, 0.3) is 0 Å². The molecule has 2 nitrogen and oxygen atoms in total. The lowest BCUT2D eigenvalue weighted by atomic mass is 9.54. The van der Waals surface area contributed by atoms with Crippen LogP contribution in [0.3, 0.4) is 0 Å². The molecule has 0 radical (unpaired) electrons. The van der Waals surface area contributed by atoms with E-state index in [0.717, 1.165) is 47.6 Å². The maximum atomic E-state index is 6.07. The Hall–Kier alpha value is -1.22. The summed E-state index contributed by atoms with van der Waals surface area (Å²) in [6.07, 6.45) is 7.38. The van der Waals surface area contributed by atoms with Crippen LogP contribution in [0.15, 0.2) is 42.5 Å². The standard InChI is InChI=1S/C24H27Cl2NO/c25-22-6-3-16(12-23(22)26)14-28-21-4-1-15(2-5-21)13-27-24-19-8-17-7-18(10-19)11-20(24)9-17/h1-6,12,17-20,24,27H,7-11,13-14H2. The van der Waals surface area contributed by atoms with Gasteiger partial charge in [0.1, 0.15) is 12.4 Å². The van der Waals surface area contributed by atoms with E-state index in [1.807, 2.05) is 12.1 Å². The molecule has 0 aliphatic heterocycles. The highest BCUT2D eigenvalue weighted by Gasteiger charge is 2.47. The summed E-state index contributed by atoms with van der Waals surface area (Å²) in [6, 6.07) is 14.8. The Balaban J connectivity index is 1.14. The Morgan fingerprint density at radius 1 is 0.786 bits per heavy atom. The molecular formula is C24H27Cl2NO. The van der Waals surface area contributed by atoms with Crippen molar-refractivity contribution in [2.45, 2.75) is 51.3 Å². The van der Waals surface area contributed by atoms with E-state index in [1.54, 1.807) is 6.07 Å². The number of nitrogens with one attached hydrogen (secondary N) is 1. The highest BCUT2D eigenvalue weighted by molar-refractivity contribution is 6.42. The van der Waals surface area contributed by atoms with Crippen molar-refractivity contribution < 1.29 is 4.74 Å². The summed E-state index contributed by atoms with van der Waals surface area (Å²) in [5.74, 6) is 4.79. The van der Waals surface area contributed by atoms with Gasteiger partial charge in [-0.25, -0.2) is 0 Å². The molecule has 2 aromatic rings. The molecule has 0 amide bonds. The van der Waals surface area contributed by atoms with E-state index in [-0.39, 0.29) is 0 Å². The van der Waals surface area contributed by atoms with Gasteiger partial charge in [0.2, 0.25) is 0 Å². The summed E-state index contributed by atoms with van der Waals surface area (Å²) in [4.78, 5) is 0. The monoisotopic (exact) mass is 415 g/mol. The maximum absolute atomic E-state index is 6.07. The van der Waals surface area contributed by atoms with Gasteiger partial charge in [-0.05, 0) is 91.2 Å². The van der Waals surface area contributed by atoms with E-state index in [4.69, 9.17) is 27.9 Å². The Morgan fingerprint density at radius 3 is 2.07 bits per heavy atom. The average Bonchev–Trinajstić information content (AvgIpc) is 2.69. The fourth-order valence-electron chi connectivity index (χ4n) is 5.99. The van der Waals surface area contributed by atoms with Crippen molar-refractivity contribution in [3.63, 3.8) is 0 Å². The van der Waals surface area contributed by atoms with Crippen LogP contribution < -0.4 is 10.1 Å². The maximum Gasteiger partial charge on any atom is 0.119 e. The van der Waals surface area contributed by atoms with Gasteiger partial charge in [-0.2, -0.15) is 0 Å². The predicted octanol–water partition coefficient (Wildman–Crippen LogP) is 6.49. The van der Waals surface area contributed by atoms with Gasteiger partial charge in [0.15, 0.2) is 0 Å². The van der Waals surface area contributed by atoms with Crippen molar-refractivity contribution in [3.8, 4) is 5.75 Å². The van der Waals surface area contributed by atoms with E-state index in [1.165, 1.54) is 37.7 Å². The summed E-state index contributed by atoms with van der Waals surface area (Å²) in [7, 11) is 0. The fraction of sp³-hybridized carbons (Fsp3) is 0.500. The van der Waals surface area contributed by atoms with Crippen LogP contribution in [0.2, 0.25) is 10.0 Å². The normalized spacial score (nSPS) is 30.6. The molecule has 0 saturated heterocycles. The zero-order valence-corrected chi connectivity index (χ0v) is 17.6. The molecule has 4 fully saturated rings. The van der Waals surface area contributed by atoms with Gasteiger partial charge in [0.25, 0.3) is 0 Å². The quantitative estimate of drug-likeness (QED) is 0.581. The highest BCUT2D eigenvalue weighted by atomic mass is 35.5. The van der Waals surface area contributed by atoms with E-state index in [9.17, 15) is 0 Å². The van der Waals surface area contributed by atoms with Crippen LogP contribution in [-0.4, -0.2) is 6.04 Å². The Morgan fingerprint density at radius 2 is 1.43 bits per heavy atom. The van der Waals surface area contributed by atoms with Gasteiger partial charge in [-0.15, -0.1) is 0 Å². The van der Waals surface area contributed by atoms with Crippen LogP contribution in [0.5, 0.6) is 5.75 Å². The second kappa shape index (κ2) is 7.89. The average molecular weight is 416 g/mol. The van der Waals surface area contributed by atoms with Crippen LogP contribution >= 0.6 is 23.2 Å². The van der Waals surface area contributed by atoms with E-state index in [2.05, 4.69) is 29.6 Å². The van der Waals surface area contributed by atoms with Crippen molar-refractivity contribution >= 4 is 23.2 Å². The molecule has 4 bridgehead atoms. The minimum absolute atomic E-state index is 0.488. The summed E-state index contributed by atoms with van der Waals surface area (Å²) in [6.45, 7) is 1.45. The number of hydrogen-bond acceptors (Lipinski definition) is 2. The Labute approximate surface area is 177 Å². The van der Waals surface area contributed by atoms with Gasteiger partial charge in [0.05, 0.1) is 10.0 Å². The van der Waals surface area contributed by atoms with Gasteiger partial charge in [-0.3, -0.25) is 0 Å². The molecule has 0 atom stereocenters. The first-order valence-electron chi connectivity index (χ1n) is 10.5. The zero-order chi connectivity index (χ0) is 19.1. The van der Waals surface area contributed by atoms with Gasteiger partial charge >= 0.3 is 0 Å². The minimum Gasteiger partial charge on any atom is -0.489 e. The van der Waals surface area contributed by atoms with Crippen molar-refractivity contribution in [1.29, 1.82) is 0 Å². The molecule has 0 aromatic heterocycles. The molecule has 148 valence electrons. The van der Waals surface area contributed by atoms with Crippen molar-refractivity contribution in [1.82, 2.24) is 5.32 Å². The molecule has 0 spiro atoms. The number of halogens is 2. The number of benzene rings is 2. The summed E-state index contributed by atoms with van der Waals surface area (Å²) in [5, 5.41) is 5.04. The second-order valence-electron chi connectivity index (χ2n) is 9.02. The van der Waals surface area contributed by atoms with E-state index < -0.39 is 0 Å². The molecule has 4 aliphatic carbocycles. The van der Waals surface area contributed by atoms with Crippen LogP contribution in [0.1, 0.15) is 43.2 Å². The molecule has 1 N–H and O–H groups in total. The van der Waals surface area contributed by atoms with Gasteiger partial charge in [-0.1, -0.05) is 41.4 Å². The summed E-state index contributed by atoms with van der Waals surface area (Å²) >= 11 is 12.0. The lowest BCUT2D eigenvalue weighted by Crippen LogP contribution is -2.54. The number of hydrogen-bond donors (Lipinski definition) is 1. The SMILES string of the molecule is Clc1ccc(COc2ccc(CNC3C4CC5CC(C4)CC3C5)cc2)cc1Cl. The fourth-order valence-corrected chi connectivity index (χ4v) is 6.31. The first kappa shape index (κ1) is 18.8. The van der Waals surface area contributed by atoms with Gasteiger partial charge in [0, 0.05) is 12.6 Å². The van der Waals surface area contributed by atoms with Crippen LogP contribution in [0, 0.1) is 23.7 Å². The molecule has 28 heavy (non-hydrogen) atoms. The predicted molar refractivity (Wildman–Crippen MR) is 115 cm³/mol. The summed E-state index contributed by atoms with van der Waals surface area (Å²) < 4.78 is 5.89. The smallest absolute Gasteiger partial charge is 0.119 e. The van der Waals surface area contributed by atoms with Crippen LogP contribution in [-0.2, 0) is 13.2 Å². The zero-order valence-electron chi connectivity index (χ0n) is 16.0. The van der Waals surface area contributed by atoms with Gasteiger partial charge < -0.3 is 10.1 Å². The van der Waals surface area contributed by atoms with Crippen molar-refractivity contribution in [2.75, 3.05) is 0 Å². The Kier molecular flexibility index (Phi) is 5.30. The largest absolute Gasteiger partial charge is 0.489 e. The molecule has 6 rings (SSSR count). The van der Waals surface area contributed by atoms with Crippen molar-refractivity contribution in [2.24, 2.45) is 23.7 Å². The highest BCUT2D eigenvalue weighted by Crippen LogP contribution is 2.53. The lowest BCUT2D eigenvalue weighted by molar-refractivity contribution is -0.0142. The molecular weight excluding hydrogens is 389 g/mol. The third kappa shape index (κ3) is 3.92. The topological polar surface area (TPSA) is 21.3 Å². The van der Waals surface area contributed by atoms with Crippen LogP contribution in [0.4, 0.5) is 0 Å². The number of ether oxygens (including phenoxy) is 1. The molecule has 4 saturated carbocycles.